The van der Waals surface area contributed by atoms with Crippen LogP contribution in [0.1, 0.15) is 12.0 Å². The number of primary sulfonamides is 1. The average molecular weight is 465 g/mol. The molecule has 1 fully saturated rings. The minimum atomic E-state index is -3.78. The van der Waals surface area contributed by atoms with Crippen molar-refractivity contribution in [1.82, 2.24) is 9.80 Å². The number of nitrogens with zero attached hydrogens (tertiary/aromatic N) is 2. The summed E-state index contributed by atoms with van der Waals surface area (Å²) in [4.78, 5) is 28.0. The van der Waals surface area contributed by atoms with E-state index in [9.17, 15) is 22.4 Å². The van der Waals surface area contributed by atoms with Crippen molar-refractivity contribution in [2.45, 2.75) is 23.8 Å². The lowest BCUT2D eigenvalue weighted by Gasteiger charge is -2.23. The van der Waals surface area contributed by atoms with Crippen molar-refractivity contribution in [3.05, 3.63) is 59.9 Å². The molecule has 164 valence electrons. The monoisotopic (exact) mass is 464 g/mol. The van der Waals surface area contributed by atoms with Gasteiger partial charge in [-0.3, -0.25) is 14.5 Å². The van der Waals surface area contributed by atoms with Crippen molar-refractivity contribution in [3.8, 4) is 0 Å². The first-order chi connectivity index (χ1) is 14.6. The molecule has 0 saturated carbocycles. The fourth-order valence-corrected chi connectivity index (χ4v) is 4.08. The summed E-state index contributed by atoms with van der Waals surface area (Å²) in [5, 5.41) is 7.87. The number of rotatable bonds is 7. The summed E-state index contributed by atoms with van der Waals surface area (Å²) in [7, 11) is -2.24. The Bertz CT molecular complexity index is 1120. The van der Waals surface area contributed by atoms with Crippen LogP contribution in [0, 0.1) is 5.82 Å². The Morgan fingerprint density at radius 3 is 2.45 bits per heavy atom. The normalized spacial score (nSPS) is 16.7. The molecular formula is C20H21FN4O4S2. The summed E-state index contributed by atoms with van der Waals surface area (Å²) in [6.45, 7) is 0.335. The molecule has 0 bridgehead atoms. The highest BCUT2D eigenvalue weighted by Crippen LogP contribution is 2.22. The largest absolute Gasteiger partial charge is 0.336 e. The van der Waals surface area contributed by atoms with Gasteiger partial charge >= 0.3 is 0 Å². The summed E-state index contributed by atoms with van der Waals surface area (Å²) in [5.74, 6) is -1.40. The zero-order chi connectivity index (χ0) is 22.8. The third kappa shape index (κ3) is 5.24. The number of anilines is 1. The topological polar surface area (TPSA) is 113 Å². The molecule has 31 heavy (non-hydrogen) atoms. The minimum absolute atomic E-state index is 0.00514. The van der Waals surface area contributed by atoms with Gasteiger partial charge in [-0.25, -0.2) is 17.9 Å². The predicted octanol–water partition coefficient (Wildman–Crippen LogP) is 1.47. The highest BCUT2D eigenvalue weighted by Gasteiger charge is 2.41. The SMILES string of the molecule is CN1C(=O)[C@H](CC(=O)Nc2ccccc2F)N(CCc2ccc(S(N)(=O)=O)cc2)C1=S. The van der Waals surface area contributed by atoms with E-state index in [2.05, 4.69) is 5.32 Å². The van der Waals surface area contributed by atoms with Crippen molar-refractivity contribution in [1.29, 1.82) is 0 Å². The van der Waals surface area contributed by atoms with E-state index >= 15 is 0 Å². The zero-order valence-corrected chi connectivity index (χ0v) is 18.2. The number of carbonyl (C=O) groups excluding carboxylic acids is 2. The van der Waals surface area contributed by atoms with Crippen molar-refractivity contribution < 1.29 is 22.4 Å². The zero-order valence-electron chi connectivity index (χ0n) is 16.6. The second kappa shape index (κ2) is 9.08. The van der Waals surface area contributed by atoms with Gasteiger partial charge in [-0.05, 0) is 48.5 Å². The lowest BCUT2D eigenvalue weighted by Crippen LogP contribution is -2.39. The van der Waals surface area contributed by atoms with E-state index in [1.165, 1.54) is 42.3 Å². The smallest absolute Gasteiger partial charge is 0.251 e. The van der Waals surface area contributed by atoms with Gasteiger partial charge in [-0.1, -0.05) is 24.3 Å². The average Bonchev–Trinajstić information content (AvgIpc) is 2.91. The van der Waals surface area contributed by atoms with Crippen LogP contribution in [0.3, 0.4) is 0 Å². The number of hydrogen-bond donors (Lipinski definition) is 2. The molecule has 2 amide bonds. The Labute approximate surface area is 184 Å². The number of para-hydroxylation sites is 1. The van der Waals surface area contributed by atoms with E-state index in [1.807, 2.05) is 0 Å². The number of sulfonamides is 1. The van der Waals surface area contributed by atoms with E-state index in [-0.39, 0.29) is 28.0 Å². The molecule has 1 heterocycles. The molecule has 2 aromatic carbocycles. The Morgan fingerprint density at radius 1 is 1.19 bits per heavy atom. The fraction of sp³-hybridized carbons (Fsp3) is 0.250. The third-order valence-corrected chi connectivity index (χ3v) is 6.38. The number of halogens is 1. The van der Waals surface area contributed by atoms with E-state index in [0.29, 0.717) is 13.0 Å². The van der Waals surface area contributed by atoms with Crippen molar-refractivity contribution in [2.24, 2.45) is 5.14 Å². The number of carbonyl (C=O) groups is 2. The first kappa shape index (κ1) is 22.8. The third-order valence-electron chi connectivity index (χ3n) is 4.94. The summed E-state index contributed by atoms with van der Waals surface area (Å²) in [5.41, 5.74) is 0.849. The number of thiocarbonyl (C=S) groups is 1. The standard InChI is InChI=1S/C20H21FN4O4S2/c1-24-19(27)17(12-18(26)23-16-5-3-2-4-15(16)21)25(20(24)30)11-10-13-6-8-14(9-7-13)31(22,28)29/h2-9,17H,10-12H2,1H3,(H,23,26)(H2,22,28,29)/t17-/m0/s1. The van der Waals surface area contributed by atoms with E-state index < -0.39 is 27.8 Å². The summed E-state index contributed by atoms with van der Waals surface area (Å²) in [6.07, 6.45) is 0.263. The molecule has 3 N–H and O–H groups in total. The molecule has 0 spiro atoms. The fourth-order valence-electron chi connectivity index (χ4n) is 3.26. The Morgan fingerprint density at radius 2 is 1.84 bits per heavy atom. The number of amides is 2. The first-order valence-corrected chi connectivity index (χ1v) is 11.3. The lowest BCUT2D eigenvalue weighted by molar-refractivity contribution is -0.130. The molecule has 0 radical (unpaired) electrons. The molecule has 2 aromatic rings. The molecule has 0 unspecified atom stereocenters. The molecule has 1 aliphatic rings. The van der Waals surface area contributed by atoms with E-state index in [0.717, 1.165) is 5.56 Å². The van der Waals surface area contributed by atoms with Crippen LogP contribution in [0.15, 0.2) is 53.4 Å². The molecule has 8 nitrogen and oxygen atoms in total. The molecule has 0 aliphatic carbocycles. The number of hydrogen-bond acceptors (Lipinski definition) is 5. The van der Waals surface area contributed by atoms with Gasteiger partial charge in [-0.2, -0.15) is 0 Å². The van der Waals surface area contributed by atoms with Crippen LogP contribution < -0.4 is 10.5 Å². The first-order valence-electron chi connectivity index (χ1n) is 9.32. The van der Waals surface area contributed by atoms with Crippen LogP contribution in [-0.2, 0) is 26.0 Å². The lowest BCUT2D eigenvalue weighted by atomic mass is 10.1. The van der Waals surface area contributed by atoms with Crippen molar-refractivity contribution in [3.63, 3.8) is 0 Å². The van der Waals surface area contributed by atoms with E-state index in [4.69, 9.17) is 17.4 Å². The maximum absolute atomic E-state index is 13.8. The van der Waals surface area contributed by atoms with Crippen molar-refractivity contribution in [2.75, 3.05) is 18.9 Å². The molecule has 0 aromatic heterocycles. The van der Waals surface area contributed by atoms with Crippen LogP contribution >= 0.6 is 12.2 Å². The number of benzene rings is 2. The van der Waals surface area contributed by atoms with Crippen LogP contribution in [-0.4, -0.2) is 54.8 Å². The summed E-state index contributed by atoms with van der Waals surface area (Å²) >= 11 is 5.35. The Hall–Kier alpha value is -2.89. The summed E-state index contributed by atoms with van der Waals surface area (Å²) < 4.78 is 36.5. The second-order valence-electron chi connectivity index (χ2n) is 7.06. The van der Waals surface area contributed by atoms with Crippen LogP contribution in [0.25, 0.3) is 0 Å². The van der Waals surface area contributed by atoms with Gasteiger partial charge < -0.3 is 10.2 Å². The molecule has 1 saturated heterocycles. The minimum Gasteiger partial charge on any atom is -0.336 e. The number of likely N-dealkylation sites (N-methyl/N-ethyl adjacent to an activating group) is 1. The summed E-state index contributed by atoms with van der Waals surface area (Å²) in [6, 6.07) is 11.0. The van der Waals surface area contributed by atoms with Gasteiger partial charge in [0.2, 0.25) is 15.9 Å². The number of nitrogens with one attached hydrogen (secondary N) is 1. The van der Waals surface area contributed by atoms with Gasteiger partial charge in [0.1, 0.15) is 11.9 Å². The van der Waals surface area contributed by atoms with Crippen molar-refractivity contribution >= 4 is 44.9 Å². The van der Waals surface area contributed by atoms with Gasteiger partial charge in [0, 0.05) is 13.6 Å². The van der Waals surface area contributed by atoms with Crippen LogP contribution in [0.5, 0.6) is 0 Å². The van der Waals surface area contributed by atoms with E-state index in [1.54, 1.807) is 23.1 Å². The molecular weight excluding hydrogens is 443 g/mol. The van der Waals surface area contributed by atoms with Crippen LogP contribution in [0.4, 0.5) is 10.1 Å². The molecule has 3 rings (SSSR count). The second-order valence-corrected chi connectivity index (χ2v) is 8.99. The van der Waals surface area contributed by atoms with Crippen LogP contribution in [0.2, 0.25) is 0 Å². The highest BCUT2D eigenvalue weighted by molar-refractivity contribution is 7.89. The maximum Gasteiger partial charge on any atom is 0.251 e. The Kier molecular flexibility index (Phi) is 6.68. The predicted molar refractivity (Wildman–Crippen MR) is 117 cm³/mol. The number of nitrogens with two attached hydrogens (primary N) is 1. The van der Waals surface area contributed by atoms with Gasteiger partial charge in [0.15, 0.2) is 5.11 Å². The maximum atomic E-state index is 13.8. The van der Waals surface area contributed by atoms with Gasteiger partial charge in [-0.15, -0.1) is 0 Å². The molecule has 1 atom stereocenters. The van der Waals surface area contributed by atoms with Gasteiger partial charge in [0.25, 0.3) is 5.91 Å². The Balaban J connectivity index is 1.69. The van der Waals surface area contributed by atoms with Gasteiger partial charge in [0.05, 0.1) is 17.0 Å². The highest BCUT2D eigenvalue weighted by atomic mass is 32.2. The molecule has 11 heteroatoms. The molecule has 1 aliphatic heterocycles. The quantitative estimate of drug-likeness (QED) is 0.600.